The Labute approximate surface area is 100 Å². The molecule has 1 amide bonds. The second-order valence-corrected chi connectivity index (χ2v) is 3.86. The molecule has 88 valence electrons. The monoisotopic (exact) mass is 229 g/mol. The Balaban J connectivity index is 1.70. The van der Waals surface area contributed by atoms with E-state index >= 15 is 0 Å². The van der Waals surface area contributed by atoms with E-state index in [1.165, 1.54) is 5.56 Å². The van der Waals surface area contributed by atoms with Crippen LogP contribution in [0.4, 0.5) is 5.82 Å². The highest BCUT2D eigenvalue weighted by Gasteiger charge is 2.02. The van der Waals surface area contributed by atoms with Gasteiger partial charge in [0.05, 0.1) is 6.20 Å². The van der Waals surface area contributed by atoms with Crippen LogP contribution in [0.5, 0.6) is 0 Å². The van der Waals surface area contributed by atoms with Crippen molar-refractivity contribution < 1.29 is 4.79 Å². The van der Waals surface area contributed by atoms with Crippen LogP contribution in [0.25, 0.3) is 0 Å². The summed E-state index contributed by atoms with van der Waals surface area (Å²) in [4.78, 5) is 11.5. The summed E-state index contributed by atoms with van der Waals surface area (Å²) < 4.78 is 0. The van der Waals surface area contributed by atoms with Gasteiger partial charge in [0.15, 0.2) is 0 Å². The van der Waals surface area contributed by atoms with Crippen LogP contribution in [0, 0.1) is 0 Å². The number of H-pyrrole nitrogens is 1. The summed E-state index contributed by atoms with van der Waals surface area (Å²) in [7, 11) is 0. The maximum Gasteiger partial charge on any atom is 0.225 e. The smallest absolute Gasteiger partial charge is 0.225 e. The van der Waals surface area contributed by atoms with E-state index < -0.39 is 0 Å². The fraction of sp³-hybridized carbons (Fsp3) is 0.231. The third-order valence-corrected chi connectivity index (χ3v) is 2.49. The molecular weight excluding hydrogens is 214 g/mol. The van der Waals surface area contributed by atoms with Gasteiger partial charge in [-0.15, -0.1) is 0 Å². The maximum absolute atomic E-state index is 11.5. The normalized spacial score (nSPS) is 10.1. The molecule has 0 aliphatic heterocycles. The fourth-order valence-electron chi connectivity index (χ4n) is 1.64. The van der Waals surface area contributed by atoms with Gasteiger partial charge < -0.3 is 5.32 Å². The van der Waals surface area contributed by atoms with Crippen molar-refractivity contribution >= 4 is 11.7 Å². The van der Waals surface area contributed by atoms with Gasteiger partial charge in [-0.3, -0.25) is 9.89 Å². The Bertz CT molecular complexity index is 451. The molecule has 1 aromatic heterocycles. The largest absolute Gasteiger partial charge is 0.311 e. The fourth-order valence-corrected chi connectivity index (χ4v) is 1.64. The Kier molecular flexibility index (Phi) is 3.91. The predicted octanol–water partition coefficient (Wildman–Crippen LogP) is 2.37. The van der Waals surface area contributed by atoms with E-state index in [9.17, 15) is 4.79 Å². The SMILES string of the molecule is O=C(CCCc1ccccc1)Nc1ccn[nH]1. The summed E-state index contributed by atoms with van der Waals surface area (Å²) in [6.07, 6.45) is 3.91. The Morgan fingerprint density at radius 1 is 1.24 bits per heavy atom. The number of benzene rings is 1. The quantitative estimate of drug-likeness (QED) is 0.827. The van der Waals surface area contributed by atoms with E-state index in [-0.39, 0.29) is 5.91 Å². The van der Waals surface area contributed by atoms with E-state index in [4.69, 9.17) is 0 Å². The van der Waals surface area contributed by atoms with Crippen LogP contribution in [0.2, 0.25) is 0 Å². The minimum absolute atomic E-state index is 0.0187. The van der Waals surface area contributed by atoms with Crippen molar-refractivity contribution in [1.29, 1.82) is 0 Å². The van der Waals surface area contributed by atoms with Crippen molar-refractivity contribution in [2.75, 3.05) is 5.32 Å². The average molecular weight is 229 g/mol. The first-order chi connectivity index (χ1) is 8.34. The minimum Gasteiger partial charge on any atom is -0.311 e. The molecule has 1 aromatic carbocycles. The van der Waals surface area contributed by atoms with Crippen molar-refractivity contribution in [2.24, 2.45) is 0 Å². The maximum atomic E-state index is 11.5. The van der Waals surface area contributed by atoms with E-state index in [0.29, 0.717) is 12.2 Å². The lowest BCUT2D eigenvalue weighted by Gasteiger charge is -2.02. The molecule has 4 heteroatoms. The zero-order valence-corrected chi connectivity index (χ0v) is 9.52. The number of nitrogens with zero attached hydrogens (tertiary/aromatic N) is 1. The molecule has 0 aliphatic rings. The van der Waals surface area contributed by atoms with Crippen molar-refractivity contribution in [3.05, 3.63) is 48.2 Å². The predicted molar refractivity (Wildman–Crippen MR) is 66.6 cm³/mol. The highest BCUT2D eigenvalue weighted by atomic mass is 16.1. The average Bonchev–Trinajstić information content (AvgIpc) is 2.83. The lowest BCUT2D eigenvalue weighted by Crippen LogP contribution is -2.11. The van der Waals surface area contributed by atoms with Crippen LogP contribution in [0.3, 0.4) is 0 Å². The zero-order chi connectivity index (χ0) is 11.9. The van der Waals surface area contributed by atoms with Crippen LogP contribution < -0.4 is 5.32 Å². The van der Waals surface area contributed by atoms with Gasteiger partial charge in [-0.25, -0.2) is 0 Å². The second-order valence-electron chi connectivity index (χ2n) is 3.86. The van der Waals surface area contributed by atoms with Gasteiger partial charge in [0, 0.05) is 12.5 Å². The molecular formula is C13H15N3O. The second kappa shape index (κ2) is 5.84. The molecule has 1 heterocycles. The first-order valence-electron chi connectivity index (χ1n) is 5.68. The first kappa shape index (κ1) is 11.4. The standard InChI is InChI=1S/C13H15N3O/c17-13(15-12-9-10-14-16-12)8-4-7-11-5-2-1-3-6-11/h1-3,5-6,9-10H,4,7-8H2,(H2,14,15,16,17). The van der Waals surface area contributed by atoms with Gasteiger partial charge in [0.2, 0.25) is 5.91 Å². The molecule has 0 spiro atoms. The Hall–Kier alpha value is -2.10. The third-order valence-electron chi connectivity index (χ3n) is 2.49. The minimum atomic E-state index is 0.0187. The number of amides is 1. The van der Waals surface area contributed by atoms with Crippen LogP contribution >= 0.6 is 0 Å². The van der Waals surface area contributed by atoms with Crippen LogP contribution in [0.1, 0.15) is 18.4 Å². The lowest BCUT2D eigenvalue weighted by atomic mass is 10.1. The van der Waals surface area contributed by atoms with Gasteiger partial charge >= 0.3 is 0 Å². The molecule has 0 saturated heterocycles. The number of hydrogen-bond donors (Lipinski definition) is 2. The molecule has 0 bridgehead atoms. The zero-order valence-electron chi connectivity index (χ0n) is 9.52. The number of anilines is 1. The highest BCUT2D eigenvalue weighted by Crippen LogP contribution is 2.06. The van der Waals surface area contributed by atoms with E-state index in [2.05, 4.69) is 27.6 Å². The number of hydrogen-bond acceptors (Lipinski definition) is 2. The summed E-state index contributed by atoms with van der Waals surface area (Å²) in [5.74, 6) is 0.667. The molecule has 17 heavy (non-hydrogen) atoms. The van der Waals surface area contributed by atoms with Crippen LogP contribution in [0.15, 0.2) is 42.6 Å². The molecule has 0 saturated carbocycles. The third kappa shape index (κ3) is 3.75. The first-order valence-corrected chi connectivity index (χ1v) is 5.68. The van der Waals surface area contributed by atoms with Gasteiger partial charge in [0.1, 0.15) is 5.82 Å². The van der Waals surface area contributed by atoms with Gasteiger partial charge in [-0.1, -0.05) is 30.3 Å². The number of nitrogens with one attached hydrogen (secondary N) is 2. The molecule has 0 atom stereocenters. The number of carbonyl (C=O) groups excluding carboxylic acids is 1. The molecule has 2 aromatic rings. The molecule has 0 unspecified atom stereocenters. The summed E-state index contributed by atoms with van der Waals surface area (Å²) in [6, 6.07) is 11.9. The van der Waals surface area contributed by atoms with Gasteiger partial charge in [0.25, 0.3) is 0 Å². The Morgan fingerprint density at radius 3 is 2.76 bits per heavy atom. The van der Waals surface area contributed by atoms with E-state index in [0.717, 1.165) is 12.8 Å². The molecule has 0 radical (unpaired) electrons. The van der Waals surface area contributed by atoms with E-state index in [1.54, 1.807) is 12.3 Å². The van der Waals surface area contributed by atoms with Crippen LogP contribution in [-0.2, 0) is 11.2 Å². The molecule has 0 fully saturated rings. The number of aryl methyl sites for hydroxylation is 1. The number of aromatic amines is 1. The van der Waals surface area contributed by atoms with Crippen molar-refractivity contribution in [1.82, 2.24) is 10.2 Å². The van der Waals surface area contributed by atoms with Crippen LogP contribution in [-0.4, -0.2) is 16.1 Å². The lowest BCUT2D eigenvalue weighted by molar-refractivity contribution is -0.116. The summed E-state index contributed by atoms with van der Waals surface area (Å²) in [6.45, 7) is 0. The number of carbonyl (C=O) groups is 1. The molecule has 4 nitrogen and oxygen atoms in total. The van der Waals surface area contributed by atoms with Gasteiger partial charge in [-0.2, -0.15) is 5.10 Å². The summed E-state index contributed by atoms with van der Waals surface area (Å²) >= 11 is 0. The summed E-state index contributed by atoms with van der Waals surface area (Å²) in [5, 5.41) is 9.21. The van der Waals surface area contributed by atoms with Crippen molar-refractivity contribution in [2.45, 2.75) is 19.3 Å². The molecule has 2 N–H and O–H groups in total. The highest BCUT2D eigenvalue weighted by molar-refractivity contribution is 5.89. The molecule has 0 aliphatic carbocycles. The topological polar surface area (TPSA) is 57.8 Å². The van der Waals surface area contributed by atoms with E-state index in [1.807, 2.05) is 18.2 Å². The van der Waals surface area contributed by atoms with Gasteiger partial charge in [-0.05, 0) is 18.4 Å². The summed E-state index contributed by atoms with van der Waals surface area (Å²) in [5.41, 5.74) is 1.27. The number of rotatable bonds is 5. The van der Waals surface area contributed by atoms with Crippen molar-refractivity contribution in [3.8, 4) is 0 Å². The number of aromatic nitrogens is 2. The Morgan fingerprint density at radius 2 is 2.06 bits per heavy atom. The van der Waals surface area contributed by atoms with Crippen molar-refractivity contribution in [3.63, 3.8) is 0 Å². The molecule has 2 rings (SSSR count).